The number of pyridine rings is 1. The van der Waals surface area contributed by atoms with Crippen LogP contribution in [0.4, 0.5) is 5.69 Å². The highest BCUT2D eigenvalue weighted by molar-refractivity contribution is 5.96. The zero-order valence-electron chi connectivity index (χ0n) is 20.9. The number of aromatic nitrogens is 6. The van der Waals surface area contributed by atoms with Crippen LogP contribution in [0.25, 0.3) is 22.5 Å². The van der Waals surface area contributed by atoms with Crippen LogP contribution in [-0.4, -0.2) is 36.3 Å². The van der Waals surface area contributed by atoms with Crippen molar-refractivity contribution in [1.29, 1.82) is 0 Å². The van der Waals surface area contributed by atoms with E-state index in [-0.39, 0.29) is 17.7 Å². The van der Waals surface area contributed by atoms with Crippen molar-refractivity contribution in [1.82, 2.24) is 30.4 Å². The van der Waals surface area contributed by atoms with Gasteiger partial charge in [0.2, 0.25) is 5.91 Å². The van der Waals surface area contributed by atoms with Gasteiger partial charge in [-0.05, 0) is 94.0 Å². The fourth-order valence-electron chi connectivity index (χ4n) is 5.44. The molecule has 2 fully saturated rings. The van der Waals surface area contributed by atoms with Gasteiger partial charge in [0.15, 0.2) is 5.82 Å². The highest BCUT2D eigenvalue weighted by Gasteiger charge is 2.49. The van der Waals surface area contributed by atoms with E-state index in [0.29, 0.717) is 23.5 Å². The number of hydrogen-bond donors (Lipinski definition) is 3. The highest BCUT2D eigenvalue weighted by Crippen LogP contribution is 2.54. The number of benzene rings is 1. The summed E-state index contributed by atoms with van der Waals surface area (Å²) in [7, 11) is 0. The smallest absolute Gasteiger partial charge is 0.235 e. The third-order valence-corrected chi connectivity index (χ3v) is 7.55. The molecule has 3 heterocycles. The monoisotopic (exact) mass is 481 g/mol. The van der Waals surface area contributed by atoms with Crippen LogP contribution < -0.4 is 5.32 Å². The molecule has 2 saturated carbocycles. The molecule has 0 spiro atoms. The first kappa shape index (κ1) is 22.6. The standard InChI is InChI=1S/C28H31N7O/c1-15-4-5-21(14-29-15)26-31-27(35-34-26)25(24(19-6-7-19)20-8-9-20)28(36)30-22-12-10-18(11-13-22)23-16(2)32-33-17(23)3/h4-5,10-14,19-20,24-25H,6-9H2,1-3H3,(H,30,36)(H,32,33)(H,31,34,35). The third kappa shape index (κ3) is 4.43. The maximum absolute atomic E-state index is 13.8. The first-order valence-electron chi connectivity index (χ1n) is 12.8. The Morgan fingerprint density at radius 2 is 1.64 bits per heavy atom. The van der Waals surface area contributed by atoms with Gasteiger partial charge < -0.3 is 10.3 Å². The van der Waals surface area contributed by atoms with Crippen molar-refractivity contribution >= 4 is 11.6 Å². The highest BCUT2D eigenvalue weighted by atomic mass is 16.2. The Balaban J connectivity index is 1.27. The van der Waals surface area contributed by atoms with E-state index in [1.807, 2.05) is 57.2 Å². The van der Waals surface area contributed by atoms with E-state index in [0.717, 1.165) is 39.5 Å². The summed E-state index contributed by atoms with van der Waals surface area (Å²) in [5, 5.41) is 19.4. The van der Waals surface area contributed by atoms with E-state index in [9.17, 15) is 4.79 Å². The van der Waals surface area contributed by atoms with E-state index in [4.69, 9.17) is 0 Å². The number of anilines is 1. The summed E-state index contributed by atoms with van der Waals surface area (Å²) in [6, 6.07) is 11.9. The lowest BCUT2D eigenvalue weighted by molar-refractivity contribution is -0.119. The van der Waals surface area contributed by atoms with Gasteiger partial charge >= 0.3 is 0 Å². The SMILES string of the molecule is Cc1ccc(-c2nnc(C(C(=O)Nc3ccc(-c4c(C)n[nH]c4C)cc3)C(C3CC3)C3CC3)[nH]2)cn1. The molecule has 2 aliphatic rings. The number of carbonyl (C=O) groups is 1. The second kappa shape index (κ2) is 9.00. The van der Waals surface area contributed by atoms with Gasteiger partial charge in [0, 0.05) is 34.4 Å². The van der Waals surface area contributed by atoms with E-state index >= 15 is 0 Å². The summed E-state index contributed by atoms with van der Waals surface area (Å²) in [6.45, 7) is 5.97. The van der Waals surface area contributed by atoms with Crippen LogP contribution in [0.1, 0.15) is 54.5 Å². The zero-order valence-corrected chi connectivity index (χ0v) is 20.9. The Morgan fingerprint density at radius 1 is 0.944 bits per heavy atom. The summed E-state index contributed by atoms with van der Waals surface area (Å²) in [4.78, 5) is 21.5. The number of hydrogen-bond acceptors (Lipinski definition) is 5. The van der Waals surface area contributed by atoms with Gasteiger partial charge in [-0.1, -0.05) is 12.1 Å². The van der Waals surface area contributed by atoms with Gasteiger partial charge in [-0.3, -0.25) is 14.9 Å². The molecular formula is C28H31N7O. The average molecular weight is 482 g/mol. The maximum Gasteiger partial charge on any atom is 0.235 e. The lowest BCUT2D eigenvalue weighted by Crippen LogP contribution is -2.31. The van der Waals surface area contributed by atoms with Crippen molar-refractivity contribution in [2.75, 3.05) is 5.32 Å². The van der Waals surface area contributed by atoms with Crippen molar-refractivity contribution in [3.05, 3.63) is 65.5 Å². The Hall–Kier alpha value is -3.81. The summed E-state index contributed by atoms with van der Waals surface area (Å²) in [5.41, 5.74) is 6.77. The molecule has 1 amide bonds. The normalized spacial score (nSPS) is 16.3. The number of aromatic amines is 2. The van der Waals surface area contributed by atoms with Gasteiger partial charge in [-0.25, -0.2) is 0 Å². The number of amides is 1. The fourth-order valence-corrected chi connectivity index (χ4v) is 5.44. The number of rotatable bonds is 8. The lowest BCUT2D eigenvalue weighted by atomic mass is 9.82. The Bertz CT molecular complexity index is 1350. The number of carbonyl (C=O) groups excluding carboxylic acids is 1. The first-order chi connectivity index (χ1) is 17.5. The molecule has 0 saturated heterocycles. The number of nitrogens with zero attached hydrogens (tertiary/aromatic N) is 4. The van der Waals surface area contributed by atoms with Crippen molar-refractivity contribution in [2.24, 2.45) is 17.8 Å². The second-order valence-corrected chi connectivity index (χ2v) is 10.4. The van der Waals surface area contributed by atoms with Crippen molar-refractivity contribution in [3.63, 3.8) is 0 Å². The van der Waals surface area contributed by atoms with E-state index < -0.39 is 0 Å². The van der Waals surface area contributed by atoms with Gasteiger partial charge in [-0.15, -0.1) is 10.2 Å². The summed E-state index contributed by atoms with van der Waals surface area (Å²) >= 11 is 0. The van der Waals surface area contributed by atoms with Crippen molar-refractivity contribution in [3.8, 4) is 22.5 Å². The molecular weight excluding hydrogens is 450 g/mol. The molecule has 8 heteroatoms. The van der Waals surface area contributed by atoms with Crippen LogP contribution in [-0.2, 0) is 4.79 Å². The Labute approximate surface area is 210 Å². The molecule has 1 atom stereocenters. The van der Waals surface area contributed by atoms with E-state index in [1.165, 1.54) is 25.7 Å². The van der Waals surface area contributed by atoms with Crippen LogP contribution in [0.15, 0.2) is 42.6 Å². The molecule has 0 radical (unpaired) electrons. The van der Waals surface area contributed by atoms with E-state index in [1.54, 1.807) is 6.20 Å². The molecule has 0 aliphatic heterocycles. The van der Waals surface area contributed by atoms with Crippen LogP contribution >= 0.6 is 0 Å². The average Bonchev–Trinajstić information content (AvgIpc) is 3.81. The largest absolute Gasteiger partial charge is 0.325 e. The molecule has 3 aromatic heterocycles. The lowest BCUT2D eigenvalue weighted by Gasteiger charge is -2.24. The molecule has 1 unspecified atom stereocenters. The molecule has 1 aromatic carbocycles. The van der Waals surface area contributed by atoms with Crippen LogP contribution in [0.5, 0.6) is 0 Å². The van der Waals surface area contributed by atoms with Gasteiger partial charge in [0.25, 0.3) is 0 Å². The second-order valence-electron chi connectivity index (χ2n) is 10.4. The summed E-state index contributed by atoms with van der Waals surface area (Å²) in [5.74, 6) is 2.37. The molecule has 4 aromatic rings. The molecule has 6 rings (SSSR count). The predicted octanol–water partition coefficient (Wildman–Crippen LogP) is 5.34. The Morgan fingerprint density at radius 3 is 2.22 bits per heavy atom. The minimum absolute atomic E-state index is 0.0213. The topological polar surface area (TPSA) is 112 Å². The maximum atomic E-state index is 13.8. The predicted molar refractivity (Wildman–Crippen MR) is 138 cm³/mol. The van der Waals surface area contributed by atoms with Crippen LogP contribution in [0.3, 0.4) is 0 Å². The van der Waals surface area contributed by atoms with Crippen LogP contribution in [0, 0.1) is 38.5 Å². The molecule has 184 valence electrons. The number of H-pyrrole nitrogens is 2. The minimum atomic E-state index is -0.359. The molecule has 8 nitrogen and oxygen atoms in total. The summed E-state index contributed by atoms with van der Waals surface area (Å²) in [6.07, 6.45) is 6.54. The quantitative estimate of drug-likeness (QED) is 0.314. The molecule has 0 bridgehead atoms. The third-order valence-electron chi connectivity index (χ3n) is 7.55. The van der Waals surface area contributed by atoms with Crippen LogP contribution in [0.2, 0.25) is 0 Å². The summed E-state index contributed by atoms with van der Waals surface area (Å²) < 4.78 is 0. The van der Waals surface area contributed by atoms with Gasteiger partial charge in [0.05, 0.1) is 5.69 Å². The van der Waals surface area contributed by atoms with E-state index in [2.05, 4.69) is 35.7 Å². The zero-order chi connectivity index (χ0) is 24.8. The van der Waals surface area contributed by atoms with Gasteiger partial charge in [-0.2, -0.15) is 5.10 Å². The minimum Gasteiger partial charge on any atom is -0.325 e. The molecule has 2 aliphatic carbocycles. The fraction of sp³-hybridized carbons (Fsp3) is 0.393. The molecule has 36 heavy (non-hydrogen) atoms. The Kier molecular flexibility index (Phi) is 5.66. The van der Waals surface area contributed by atoms with Gasteiger partial charge in [0.1, 0.15) is 11.7 Å². The number of aryl methyl sites for hydroxylation is 3. The van der Waals surface area contributed by atoms with Crippen molar-refractivity contribution < 1.29 is 4.79 Å². The number of nitrogens with one attached hydrogen (secondary N) is 3. The first-order valence-corrected chi connectivity index (χ1v) is 12.8. The van der Waals surface area contributed by atoms with Crippen molar-refractivity contribution in [2.45, 2.75) is 52.4 Å². The molecule has 3 N–H and O–H groups in total.